The summed E-state index contributed by atoms with van der Waals surface area (Å²) >= 11 is 5.95. The zero-order valence-electron chi connectivity index (χ0n) is 12.1. The van der Waals surface area contributed by atoms with E-state index in [9.17, 15) is 9.90 Å². The molecule has 0 radical (unpaired) electrons. The van der Waals surface area contributed by atoms with Crippen LogP contribution in [0.1, 0.15) is 12.7 Å². The number of halogens is 1. The number of nitrogens with zero attached hydrogens (tertiary/aromatic N) is 2. The van der Waals surface area contributed by atoms with Crippen molar-refractivity contribution in [2.24, 2.45) is 7.05 Å². The number of nitrogens with one attached hydrogen (secondary N) is 1. The van der Waals surface area contributed by atoms with Gasteiger partial charge in [-0.1, -0.05) is 11.6 Å². The van der Waals surface area contributed by atoms with Gasteiger partial charge in [-0.25, -0.2) is 4.98 Å². The summed E-state index contributed by atoms with van der Waals surface area (Å²) in [6.07, 6.45) is -0.860. The number of aromatic nitrogens is 2. The number of aliphatic hydroxyl groups is 1. The van der Waals surface area contributed by atoms with Gasteiger partial charge in [0.25, 0.3) is 0 Å². The largest absolute Gasteiger partial charge is 0.468 e. The van der Waals surface area contributed by atoms with Gasteiger partial charge in [0.15, 0.2) is 0 Å². The van der Waals surface area contributed by atoms with Crippen LogP contribution in [0, 0.1) is 0 Å². The molecule has 0 fully saturated rings. The summed E-state index contributed by atoms with van der Waals surface area (Å²) in [5.74, 6) is 0.230. The molecule has 1 aromatic heterocycles. The quantitative estimate of drug-likeness (QED) is 0.813. The van der Waals surface area contributed by atoms with Crippen LogP contribution in [0.15, 0.2) is 18.2 Å². The number of carbonyl (C=O) groups excluding carboxylic acids is 1. The number of imidazole rings is 1. The van der Waals surface area contributed by atoms with Crippen molar-refractivity contribution >= 4 is 28.6 Å². The molecule has 2 atom stereocenters. The Hall–Kier alpha value is -1.63. The lowest BCUT2D eigenvalue weighted by atomic mass is 10.2. The van der Waals surface area contributed by atoms with E-state index in [2.05, 4.69) is 15.0 Å². The van der Waals surface area contributed by atoms with Crippen LogP contribution in [0.2, 0.25) is 5.02 Å². The average molecular weight is 312 g/mol. The highest BCUT2D eigenvalue weighted by Gasteiger charge is 2.24. The third kappa shape index (κ3) is 3.34. The minimum absolute atomic E-state index is 0.327. The molecular weight excluding hydrogens is 294 g/mol. The molecule has 2 aromatic rings. The maximum atomic E-state index is 11.6. The highest BCUT2D eigenvalue weighted by atomic mass is 35.5. The van der Waals surface area contributed by atoms with Crippen molar-refractivity contribution in [3.8, 4) is 0 Å². The molecule has 0 unspecified atom stereocenters. The van der Waals surface area contributed by atoms with Gasteiger partial charge >= 0.3 is 5.97 Å². The van der Waals surface area contributed by atoms with E-state index < -0.39 is 18.1 Å². The number of aryl methyl sites for hydroxylation is 1. The van der Waals surface area contributed by atoms with E-state index in [1.807, 2.05) is 17.7 Å². The van der Waals surface area contributed by atoms with Gasteiger partial charge in [-0.2, -0.15) is 0 Å². The lowest BCUT2D eigenvalue weighted by Crippen LogP contribution is -2.45. The third-order valence-electron chi connectivity index (χ3n) is 3.35. The summed E-state index contributed by atoms with van der Waals surface area (Å²) < 4.78 is 6.57. The molecule has 1 aromatic carbocycles. The Bertz CT molecular complexity index is 654. The van der Waals surface area contributed by atoms with Crippen molar-refractivity contribution in [2.45, 2.75) is 25.6 Å². The molecule has 114 valence electrons. The van der Waals surface area contributed by atoms with Gasteiger partial charge in [0.2, 0.25) is 0 Å². The van der Waals surface area contributed by atoms with Crippen LogP contribution in [0.25, 0.3) is 11.0 Å². The number of hydrogen-bond acceptors (Lipinski definition) is 5. The summed E-state index contributed by atoms with van der Waals surface area (Å²) in [5.41, 5.74) is 1.73. The SMILES string of the molecule is COC(=O)[C@@H](NCc1nc2cc(Cl)ccc2n1C)[C@@H](C)O. The first-order valence-electron chi connectivity index (χ1n) is 6.54. The van der Waals surface area contributed by atoms with Crippen molar-refractivity contribution < 1.29 is 14.6 Å². The van der Waals surface area contributed by atoms with Crippen molar-refractivity contribution in [2.75, 3.05) is 7.11 Å². The third-order valence-corrected chi connectivity index (χ3v) is 3.59. The van der Waals surface area contributed by atoms with E-state index in [0.29, 0.717) is 11.6 Å². The van der Waals surface area contributed by atoms with Crippen LogP contribution in [-0.2, 0) is 23.1 Å². The zero-order chi connectivity index (χ0) is 15.6. The Labute approximate surface area is 127 Å². The van der Waals surface area contributed by atoms with E-state index >= 15 is 0 Å². The fraction of sp³-hybridized carbons (Fsp3) is 0.429. The maximum Gasteiger partial charge on any atom is 0.325 e. The first-order valence-corrected chi connectivity index (χ1v) is 6.92. The molecule has 1 heterocycles. The second-order valence-electron chi connectivity index (χ2n) is 4.84. The number of esters is 1. The summed E-state index contributed by atoms with van der Waals surface area (Å²) in [7, 11) is 3.17. The fourth-order valence-corrected chi connectivity index (χ4v) is 2.33. The Balaban J connectivity index is 2.19. The second-order valence-corrected chi connectivity index (χ2v) is 5.28. The van der Waals surface area contributed by atoms with Crippen LogP contribution in [-0.4, -0.2) is 39.9 Å². The summed E-state index contributed by atoms with van der Waals surface area (Å²) in [4.78, 5) is 16.1. The molecule has 0 bridgehead atoms. The van der Waals surface area contributed by atoms with Gasteiger partial charge in [-0.15, -0.1) is 0 Å². The van der Waals surface area contributed by atoms with Gasteiger partial charge in [0.05, 0.1) is 30.8 Å². The summed E-state index contributed by atoms with van der Waals surface area (Å²) in [6.45, 7) is 1.86. The van der Waals surface area contributed by atoms with Gasteiger partial charge in [0.1, 0.15) is 11.9 Å². The molecule has 7 heteroatoms. The van der Waals surface area contributed by atoms with E-state index in [-0.39, 0.29) is 0 Å². The number of benzene rings is 1. The Kier molecular flexibility index (Phi) is 4.82. The number of carbonyl (C=O) groups is 1. The van der Waals surface area contributed by atoms with Crippen LogP contribution < -0.4 is 5.32 Å². The number of ether oxygens (including phenoxy) is 1. The van der Waals surface area contributed by atoms with E-state index in [1.54, 1.807) is 12.1 Å². The average Bonchev–Trinajstić information content (AvgIpc) is 2.74. The Morgan fingerprint density at radius 1 is 1.57 bits per heavy atom. The van der Waals surface area contributed by atoms with Crippen LogP contribution in [0.3, 0.4) is 0 Å². The highest BCUT2D eigenvalue weighted by Crippen LogP contribution is 2.19. The maximum absolute atomic E-state index is 11.6. The van der Waals surface area contributed by atoms with Crippen molar-refractivity contribution in [3.63, 3.8) is 0 Å². The number of rotatable bonds is 5. The highest BCUT2D eigenvalue weighted by molar-refractivity contribution is 6.31. The number of methoxy groups -OCH3 is 1. The van der Waals surface area contributed by atoms with Gasteiger partial charge in [0, 0.05) is 12.1 Å². The zero-order valence-corrected chi connectivity index (χ0v) is 12.9. The lowest BCUT2D eigenvalue weighted by Gasteiger charge is -2.18. The molecule has 2 rings (SSSR count). The predicted octanol–water partition coefficient (Wildman–Crippen LogP) is 1.24. The monoisotopic (exact) mass is 311 g/mol. The smallest absolute Gasteiger partial charge is 0.325 e. The van der Waals surface area contributed by atoms with Gasteiger partial charge in [-0.3, -0.25) is 10.1 Å². The molecule has 0 aliphatic heterocycles. The normalized spacial score (nSPS) is 14.1. The van der Waals surface area contributed by atoms with E-state index in [1.165, 1.54) is 14.0 Å². The number of fused-ring (bicyclic) bond motifs is 1. The minimum atomic E-state index is -0.860. The second kappa shape index (κ2) is 6.43. The van der Waals surface area contributed by atoms with Gasteiger partial charge in [-0.05, 0) is 25.1 Å². The summed E-state index contributed by atoms with van der Waals surface area (Å²) in [6, 6.07) is 4.68. The first-order chi connectivity index (χ1) is 9.93. The van der Waals surface area contributed by atoms with E-state index in [4.69, 9.17) is 11.6 Å². The fourth-order valence-electron chi connectivity index (χ4n) is 2.16. The van der Waals surface area contributed by atoms with Gasteiger partial charge < -0.3 is 14.4 Å². The van der Waals surface area contributed by atoms with Crippen molar-refractivity contribution in [3.05, 3.63) is 29.0 Å². The molecule has 6 nitrogen and oxygen atoms in total. The molecular formula is C14H18ClN3O3. The van der Waals surface area contributed by atoms with Crippen LogP contribution in [0.5, 0.6) is 0 Å². The van der Waals surface area contributed by atoms with Crippen molar-refractivity contribution in [1.82, 2.24) is 14.9 Å². The molecule has 21 heavy (non-hydrogen) atoms. The minimum Gasteiger partial charge on any atom is -0.468 e. The van der Waals surface area contributed by atoms with Crippen LogP contribution >= 0.6 is 11.6 Å². The summed E-state index contributed by atoms with van der Waals surface area (Å²) in [5, 5.41) is 13.2. The molecule has 0 amide bonds. The molecule has 2 N–H and O–H groups in total. The first kappa shape index (κ1) is 15.8. The van der Waals surface area contributed by atoms with Crippen molar-refractivity contribution in [1.29, 1.82) is 0 Å². The topological polar surface area (TPSA) is 76.4 Å². The van der Waals surface area contributed by atoms with E-state index in [0.717, 1.165) is 16.9 Å². The van der Waals surface area contributed by atoms with Crippen LogP contribution in [0.4, 0.5) is 0 Å². The molecule has 0 spiro atoms. The lowest BCUT2D eigenvalue weighted by molar-refractivity contribution is -0.145. The molecule has 0 saturated carbocycles. The molecule has 0 aliphatic rings. The predicted molar refractivity (Wildman–Crippen MR) is 80.0 cm³/mol. The molecule has 0 saturated heterocycles. The Morgan fingerprint density at radius 2 is 2.29 bits per heavy atom. The molecule has 0 aliphatic carbocycles. The number of aliphatic hydroxyl groups excluding tert-OH is 1. The standard InChI is InChI=1S/C14H18ClN3O3/c1-8(19)13(14(20)21-3)16-7-12-17-10-6-9(15)4-5-11(10)18(12)2/h4-6,8,13,16,19H,7H2,1-3H3/t8-,13+/m1/s1. The number of hydrogen-bond donors (Lipinski definition) is 2. The Morgan fingerprint density at radius 3 is 2.90 bits per heavy atom.